The molecule has 1 fully saturated rings. The fourth-order valence-electron chi connectivity index (χ4n) is 3.40. The Hall–Kier alpha value is -3.17. The highest BCUT2D eigenvalue weighted by Crippen LogP contribution is 2.41. The van der Waals surface area contributed by atoms with Crippen molar-refractivity contribution in [3.63, 3.8) is 0 Å². The van der Waals surface area contributed by atoms with Crippen molar-refractivity contribution < 1.29 is 29.0 Å². The number of aromatic hydroxyl groups is 1. The summed E-state index contributed by atoms with van der Waals surface area (Å²) in [6.45, 7) is 0. The standard InChI is InChI=1S/C18H18FN7O5S2/c1-25-18(22-23-24-25)33-6-8-5-32-16-12(15(29)26(16)13(8)17(30)31)21-14(28)11(20)7-2-3-10(27)9(19)4-7/h2-4,11-12,16,27H,5-6,20H2,1H3,(H,21,28)(H,30,31). The highest BCUT2D eigenvalue weighted by Gasteiger charge is 2.54. The minimum absolute atomic E-state index is 0.117. The third-order valence-electron chi connectivity index (χ3n) is 5.12. The number of rotatable bonds is 7. The lowest BCUT2D eigenvalue weighted by atomic mass is 10.0. The third-order valence-corrected chi connectivity index (χ3v) is 7.55. The molecule has 2 aromatic rings. The number of carbonyl (C=O) groups excluding carboxylic acids is 2. The molecule has 2 aliphatic rings. The number of fused-ring (bicyclic) bond motifs is 1. The van der Waals surface area contributed by atoms with Gasteiger partial charge in [-0.25, -0.2) is 13.9 Å². The number of aliphatic carboxylic acids is 1. The Balaban J connectivity index is 1.46. The molecule has 0 bridgehead atoms. The van der Waals surface area contributed by atoms with Crippen LogP contribution in [0.2, 0.25) is 0 Å². The zero-order valence-corrected chi connectivity index (χ0v) is 18.6. The van der Waals surface area contributed by atoms with E-state index in [2.05, 4.69) is 20.8 Å². The minimum atomic E-state index is -1.28. The van der Waals surface area contributed by atoms with E-state index in [1.165, 1.54) is 34.3 Å². The number of hydrogen-bond acceptors (Lipinski definition) is 10. The van der Waals surface area contributed by atoms with Gasteiger partial charge in [-0.2, -0.15) is 0 Å². The Bertz CT molecular complexity index is 1170. The maximum atomic E-state index is 13.6. The number of benzene rings is 1. The Kier molecular flexibility index (Phi) is 6.27. The first-order chi connectivity index (χ1) is 15.7. The van der Waals surface area contributed by atoms with Crippen molar-refractivity contribution in [2.75, 3.05) is 11.5 Å². The highest BCUT2D eigenvalue weighted by molar-refractivity contribution is 8.01. The lowest BCUT2D eigenvalue weighted by Crippen LogP contribution is -2.71. The number of aromatic nitrogens is 4. The molecule has 174 valence electrons. The number of carboxylic acids is 1. The average Bonchev–Trinajstić information content (AvgIpc) is 3.20. The highest BCUT2D eigenvalue weighted by atomic mass is 32.2. The van der Waals surface area contributed by atoms with Crippen LogP contribution >= 0.6 is 23.5 Å². The number of nitrogens with one attached hydrogen (secondary N) is 1. The van der Waals surface area contributed by atoms with Gasteiger partial charge >= 0.3 is 5.97 Å². The molecule has 12 nitrogen and oxygen atoms in total. The van der Waals surface area contributed by atoms with E-state index in [-0.39, 0.29) is 17.0 Å². The average molecular weight is 496 g/mol. The topological polar surface area (TPSA) is 177 Å². The first-order valence-corrected chi connectivity index (χ1v) is 11.5. The number of thioether (sulfide) groups is 2. The molecule has 0 radical (unpaired) electrons. The van der Waals surface area contributed by atoms with Crippen molar-refractivity contribution in [2.24, 2.45) is 12.8 Å². The number of phenols is 1. The van der Waals surface area contributed by atoms with Crippen molar-refractivity contribution in [3.8, 4) is 5.75 Å². The second kappa shape index (κ2) is 8.99. The van der Waals surface area contributed by atoms with Crippen LogP contribution in [0.1, 0.15) is 11.6 Å². The molecule has 0 spiro atoms. The van der Waals surface area contributed by atoms with Gasteiger partial charge < -0.3 is 21.3 Å². The first kappa shape index (κ1) is 23.0. The van der Waals surface area contributed by atoms with Gasteiger partial charge in [-0.1, -0.05) is 17.8 Å². The van der Waals surface area contributed by atoms with Crippen molar-refractivity contribution in [1.82, 2.24) is 30.4 Å². The van der Waals surface area contributed by atoms with E-state index < -0.39 is 46.8 Å². The summed E-state index contributed by atoms with van der Waals surface area (Å²) in [6, 6.07) is 1.06. The van der Waals surface area contributed by atoms with Crippen LogP contribution in [0.3, 0.4) is 0 Å². The zero-order chi connectivity index (χ0) is 23.9. The summed E-state index contributed by atoms with van der Waals surface area (Å²) in [4.78, 5) is 38.4. The number of β-lactam (4-membered cyclic amide) rings is 1. The first-order valence-electron chi connectivity index (χ1n) is 9.48. The zero-order valence-electron chi connectivity index (χ0n) is 17.0. The molecule has 15 heteroatoms. The molecular weight excluding hydrogens is 477 g/mol. The Morgan fingerprint density at radius 1 is 1.45 bits per heavy atom. The fourth-order valence-corrected chi connectivity index (χ4v) is 5.74. The number of nitrogens with two attached hydrogens (primary N) is 1. The number of aryl methyl sites for hydroxylation is 1. The van der Waals surface area contributed by atoms with Crippen LogP contribution in [-0.2, 0) is 21.4 Å². The van der Waals surface area contributed by atoms with Gasteiger partial charge in [-0.3, -0.25) is 14.5 Å². The number of carboxylic acid groups (broad SMARTS) is 1. The van der Waals surface area contributed by atoms with Crippen LogP contribution in [0.25, 0.3) is 0 Å². The largest absolute Gasteiger partial charge is 0.505 e. The number of nitrogens with zero attached hydrogens (tertiary/aromatic N) is 5. The van der Waals surface area contributed by atoms with Gasteiger partial charge in [0.25, 0.3) is 5.91 Å². The summed E-state index contributed by atoms with van der Waals surface area (Å²) in [5.41, 5.74) is 6.40. The molecule has 1 aromatic carbocycles. The Morgan fingerprint density at radius 3 is 2.85 bits per heavy atom. The van der Waals surface area contributed by atoms with E-state index in [9.17, 15) is 29.0 Å². The van der Waals surface area contributed by atoms with Crippen LogP contribution in [0.4, 0.5) is 4.39 Å². The van der Waals surface area contributed by atoms with Gasteiger partial charge in [0.1, 0.15) is 23.2 Å². The van der Waals surface area contributed by atoms with Gasteiger partial charge in [-0.15, -0.1) is 16.9 Å². The Labute approximate surface area is 194 Å². The van der Waals surface area contributed by atoms with Crippen molar-refractivity contribution in [1.29, 1.82) is 0 Å². The monoisotopic (exact) mass is 495 g/mol. The lowest BCUT2D eigenvalue weighted by molar-refractivity contribution is -0.150. The van der Waals surface area contributed by atoms with Gasteiger partial charge in [0.15, 0.2) is 11.6 Å². The second-order valence-corrected chi connectivity index (χ2v) is 9.26. The second-order valence-electron chi connectivity index (χ2n) is 7.22. The molecule has 5 N–H and O–H groups in total. The molecule has 1 aromatic heterocycles. The van der Waals surface area contributed by atoms with Gasteiger partial charge in [0, 0.05) is 18.6 Å². The summed E-state index contributed by atoms with van der Waals surface area (Å²) in [5.74, 6) is -3.46. The summed E-state index contributed by atoms with van der Waals surface area (Å²) in [7, 11) is 1.66. The normalized spacial score (nSPS) is 20.8. The van der Waals surface area contributed by atoms with E-state index in [0.717, 1.165) is 17.0 Å². The SMILES string of the molecule is Cn1nnnc1SCC1=C(C(=O)O)N2C(=O)C(NC(=O)C(N)c3ccc(O)c(F)c3)C2SC1. The number of carbonyl (C=O) groups is 3. The third kappa shape index (κ3) is 4.26. The van der Waals surface area contributed by atoms with E-state index >= 15 is 0 Å². The predicted molar refractivity (Wildman–Crippen MR) is 114 cm³/mol. The number of halogens is 1. The van der Waals surface area contributed by atoms with E-state index in [0.29, 0.717) is 16.5 Å². The maximum Gasteiger partial charge on any atom is 0.352 e. The summed E-state index contributed by atoms with van der Waals surface area (Å²) >= 11 is 2.56. The molecule has 0 saturated carbocycles. The van der Waals surface area contributed by atoms with E-state index in [4.69, 9.17) is 5.73 Å². The van der Waals surface area contributed by atoms with Crippen molar-refractivity contribution >= 4 is 41.3 Å². The fraction of sp³-hybridized carbons (Fsp3) is 0.333. The van der Waals surface area contributed by atoms with Crippen LogP contribution in [0, 0.1) is 5.82 Å². The summed E-state index contributed by atoms with van der Waals surface area (Å²) in [6.07, 6.45) is 0. The van der Waals surface area contributed by atoms with Crippen LogP contribution in [0.5, 0.6) is 5.75 Å². The number of tetrazole rings is 1. The Morgan fingerprint density at radius 2 is 2.21 bits per heavy atom. The maximum absolute atomic E-state index is 13.6. The quantitative estimate of drug-likeness (QED) is 0.290. The van der Waals surface area contributed by atoms with Crippen molar-refractivity contribution in [2.45, 2.75) is 22.6 Å². The molecule has 2 amide bonds. The van der Waals surface area contributed by atoms with E-state index in [1.807, 2.05) is 0 Å². The molecule has 33 heavy (non-hydrogen) atoms. The van der Waals surface area contributed by atoms with E-state index in [1.54, 1.807) is 7.05 Å². The van der Waals surface area contributed by atoms with Crippen LogP contribution in [0.15, 0.2) is 34.6 Å². The summed E-state index contributed by atoms with van der Waals surface area (Å²) < 4.78 is 15.0. The predicted octanol–water partition coefficient (Wildman–Crippen LogP) is -0.414. The molecule has 4 rings (SSSR count). The lowest BCUT2D eigenvalue weighted by Gasteiger charge is -2.49. The molecular formula is C18H18FN7O5S2. The van der Waals surface area contributed by atoms with Crippen LogP contribution in [-0.4, -0.2) is 76.0 Å². The van der Waals surface area contributed by atoms with Crippen molar-refractivity contribution in [3.05, 3.63) is 40.8 Å². The molecule has 3 unspecified atom stereocenters. The number of hydrogen-bond donors (Lipinski definition) is 4. The van der Waals surface area contributed by atoms with Gasteiger partial charge in [0.2, 0.25) is 11.1 Å². The molecule has 3 heterocycles. The van der Waals surface area contributed by atoms with Crippen LogP contribution < -0.4 is 11.1 Å². The van der Waals surface area contributed by atoms with Gasteiger partial charge in [0.05, 0.1) is 0 Å². The smallest absolute Gasteiger partial charge is 0.352 e. The molecule has 2 aliphatic heterocycles. The molecule has 3 atom stereocenters. The number of amides is 2. The number of phenolic OH excluding ortho intramolecular Hbond substituents is 1. The summed E-state index contributed by atoms with van der Waals surface area (Å²) in [5, 5.41) is 32.5. The molecule has 1 saturated heterocycles. The molecule has 0 aliphatic carbocycles. The minimum Gasteiger partial charge on any atom is -0.505 e. The van der Waals surface area contributed by atoms with Gasteiger partial charge in [-0.05, 0) is 33.7 Å².